The van der Waals surface area contributed by atoms with Gasteiger partial charge in [0.05, 0.1) is 17.9 Å². The largest absolute Gasteiger partial charge is 0.489 e. The molecule has 2 heterocycles. The molecule has 3 aliphatic carbocycles. The molecule has 10 rings (SSSR count). The number of anilines is 3. The molecule has 2 saturated heterocycles. The van der Waals surface area contributed by atoms with Crippen molar-refractivity contribution in [2.24, 2.45) is 11.8 Å². The van der Waals surface area contributed by atoms with Gasteiger partial charge in [0.2, 0.25) is 0 Å². The van der Waals surface area contributed by atoms with E-state index in [0.29, 0.717) is 12.2 Å². The molecule has 0 N–H and O–H groups in total. The molecule has 5 aromatic rings. The van der Waals surface area contributed by atoms with E-state index in [1.807, 2.05) is 30.3 Å². The fourth-order valence-electron chi connectivity index (χ4n) is 9.50. The molecular formula is C58H48N2O2. The summed E-state index contributed by atoms with van der Waals surface area (Å²) in [5.74, 6) is 2.32. The summed E-state index contributed by atoms with van der Waals surface area (Å²) in [5, 5.41) is 0. The molecule has 0 amide bonds. The van der Waals surface area contributed by atoms with E-state index in [2.05, 4.69) is 193 Å². The Balaban J connectivity index is 0.926. The van der Waals surface area contributed by atoms with Crippen LogP contribution in [0.5, 0.6) is 0 Å². The van der Waals surface area contributed by atoms with E-state index in [-0.39, 0.29) is 24.0 Å². The SMILES string of the molecule is C=C1C(=CC(=C)N(c2ccccc2)c2cccc(-c3ccccc3)c2)OC2=CC=C3C(=C)C(CC(=C)N(c4ccccc4)C4C=C(c5ccccc5)C=CC4)OC4=CC=C1C2C43. The van der Waals surface area contributed by atoms with Gasteiger partial charge in [0.1, 0.15) is 23.4 Å². The standard InChI is InChI=1S/C58H48N2O2/c1-39(59(47-25-13-7-14-26-47)49-29-17-23-45(37-49)43-19-9-5-10-20-43)35-55-41(3)51-31-34-54-58-52(32-33-53(61-55)57(51)58)42(4)56(62-54)36-40(2)60(48-27-15-8-16-28-48)50-30-18-24-46(38-50)44-21-11-6-12-22-44/h5-29,31-35,37-38,50,56-58H,1-4,30,36H2. The van der Waals surface area contributed by atoms with E-state index in [1.165, 1.54) is 16.7 Å². The average Bonchev–Trinajstić information content (AvgIpc) is 3.32. The average molecular weight is 805 g/mol. The van der Waals surface area contributed by atoms with Crippen molar-refractivity contribution in [1.82, 2.24) is 0 Å². The molecule has 0 spiro atoms. The predicted octanol–water partition coefficient (Wildman–Crippen LogP) is 14.1. The Morgan fingerprint density at radius 3 is 1.95 bits per heavy atom. The van der Waals surface area contributed by atoms with Gasteiger partial charge in [-0.3, -0.25) is 0 Å². The van der Waals surface area contributed by atoms with E-state index < -0.39 is 0 Å². The highest BCUT2D eigenvalue weighted by Crippen LogP contribution is 2.55. The maximum absolute atomic E-state index is 6.95. The number of ether oxygens (including phenoxy) is 2. The second kappa shape index (κ2) is 16.5. The first kappa shape index (κ1) is 38.6. The van der Waals surface area contributed by atoms with Crippen LogP contribution < -0.4 is 9.80 Å². The fourth-order valence-corrected chi connectivity index (χ4v) is 9.50. The molecule has 2 aliphatic heterocycles. The molecule has 0 saturated carbocycles. The van der Waals surface area contributed by atoms with Gasteiger partial charge >= 0.3 is 0 Å². The Hall–Kier alpha value is -7.56. The number of hydrogen-bond donors (Lipinski definition) is 0. The van der Waals surface area contributed by atoms with Gasteiger partial charge in [0, 0.05) is 46.5 Å². The summed E-state index contributed by atoms with van der Waals surface area (Å²) in [6.45, 7) is 18.6. The first-order valence-electron chi connectivity index (χ1n) is 21.4. The minimum atomic E-state index is -0.278. The number of para-hydroxylation sites is 2. The molecule has 62 heavy (non-hydrogen) atoms. The topological polar surface area (TPSA) is 24.9 Å². The van der Waals surface area contributed by atoms with Gasteiger partial charge < -0.3 is 19.3 Å². The minimum Gasteiger partial charge on any atom is -0.489 e. The van der Waals surface area contributed by atoms with Crippen molar-refractivity contribution >= 4 is 22.6 Å². The highest BCUT2D eigenvalue weighted by molar-refractivity contribution is 5.78. The van der Waals surface area contributed by atoms with E-state index in [1.54, 1.807) is 0 Å². The lowest BCUT2D eigenvalue weighted by Crippen LogP contribution is -2.41. The molecule has 2 fully saturated rings. The molecule has 4 atom stereocenters. The lowest BCUT2D eigenvalue weighted by atomic mass is 9.66. The lowest BCUT2D eigenvalue weighted by Gasteiger charge is -2.47. The van der Waals surface area contributed by atoms with Crippen LogP contribution in [0.3, 0.4) is 0 Å². The number of rotatable bonds is 11. The number of benzene rings is 5. The zero-order chi connectivity index (χ0) is 42.2. The maximum Gasteiger partial charge on any atom is 0.135 e. The summed E-state index contributed by atoms with van der Waals surface area (Å²) in [6, 6.07) is 50.5. The Labute approximate surface area is 365 Å². The van der Waals surface area contributed by atoms with Crippen LogP contribution >= 0.6 is 0 Å². The van der Waals surface area contributed by atoms with Crippen molar-refractivity contribution < 1.29 is 9.47 Å². The molecule has 5 aliphatic rings. The predicted molar refractivity (Wildman–Crippen MR) is 256 cm³/mol. The third-order valence-electron chi connectivity index (χ3n) is 12.5. The van der Waals surface area contributed by atoms with Crippen molar-refractivity contribution in [3.05, 3.63) is 277 Å². The molecule has 302 valence electrons. The number of allylic oxidation sites excluding steroid dienone is 10. The summed E-state index contributed by atoms with van der Waals surface area (Å²) >= 11 is 0. The smallest absolute Gasteiger partial charge is 0.135 e. The highest BCUT2D eigenvalue weighted by atomic mass is 16.5. The first-order valence-corrected chi connectivity index (χ1v) is 21.4. The molecule has 5 aromatic carbocycles. The normalized spacial score (nSPS) is 21.5. The van der Waals surface area contributed by atoms with Crippen molar-refractivity contribution in [3.63, 3.8) is 0 Å². The highest BCUT2D eigenvalue weighted by Gasteiger charge is 2.48. The maximum atomic E-state index is 6.95. The molecule has 4 nitrogen and oxygen atoms in total. The zero-order valence-electron chi connectivity index (χ0n) is 34.7. The van der Waals surface area contributed by atoms with Crippen LogP contribution in [0.15, 0.2) is 271 Å². The van der Waals surface area contributed by atoms with Gasteiger partial charge in [0.25, 0.3) is 0 Å². The Morgan fingerprint density at radius 2 is 1.23 bits per heavy atom. The minimum absolute atomic E-state index is 0.0554. The van der Waals surface area contributed by atoms with Crippen molar-refractivity contribution in [1.29, 1.82) is 0 Å². The van der Waals surface area contributed by atoms with Crippen LogP contribution in [0.1, 0.15) is 18.4 Å². The molecule has 0 radical (unpaired) electrons. The second-order valence-corrected chi connectivity index (χ2v) is 16.3. The quantitative estimate of drug-likeness (QED) is 0.133. The third kappa shape index (κ3) is 7.24. The van der Waals surface area contributed by atoms with Gasteiger partial charge in [-0.05, 0) is 94.0 Å². The Bertz CT molecular complexity index is 2820. The summed E-state index contributed by atoms with van der Waals surface area (Å²) in [7, 11) is 0. The van der Waals surface area contributed by atoms with Crippen LogP contribution in [0, 0.1) is 11.8 Å². The van der Waals surface area contributed by atoms with Crippen molar-refractivity contribution in [2.45, 2.75) is 25.0 Å². The molecule has 0 aromatic heterocycles. The van der Waals surface area contributed by atoms with Crippen LogP contribution in [-0.4, -0.2) is 12.1 Å². The van der Waals surface area contributed by atoms with Crippen LogP contribution in [-0.2, 0) is 9.47 Å². The summed E-state index contributed by atoms with van der Waals surface area (Å²) in [4.78, 5) is 4.54. The Kier molecular flexibility index (Phi) is 10.3. The van der Waals surface area contributed by atoms with Crippen molar-refractivity contribution in [3.8, 4) is 11.1 Å². The van der Waals surface area contributed by atoms with Gasteiger partial charge in [-0.1, -0.05) is 166 Å². The lowest BCUT2D eigenvalue weighted by molar-refractivity contribution is 0.0874. The fraction of sp³-hybridized carbons (Fsp3) is 0.103. The molecule has 0 bridgehead atoms. The Morgan fingerprint density at radius 1 is 0.629 bits per heavy atom. The van der Waals surface area contributed by atoms with E-state index >= 15 is 0 Å². The summed E-state index contributed by atoms with van der Waals surface area (Å²) < 4.78 is 13.8. The molecule has 4 heteroatoms. The van der Waals surface area contributed by atoms with Crippen LogP contribution in [0.2, 0.25) is 0 Å². The van der Waals surface area contributed by atoms with Gasteiger partial charge in [0.15, 0.2) is 0 Å². The van der Waals surface area contributed by atoms with Gasteiger partial charge in [-0.25, -0.2) is 0 Å². The van der Waals surface area contributed by atoms with E-state index in [0.717, 1.165) is 74.2 Å². The van der Waals surface area contributed by atoms with Crippen LogP contribution in [0.4, 0.5) is 17.1 Å². The van der Waals surface area contributed by atoms with E-state index in [4.69, 9.17) is 16.1 Å². The molecular weight excluding hydrogens is 757 g/mol. The third-order valence-corrected chi connectivity index (χ3v) is 12.5. The number of nitrogens with zero attached hydrogens (tertiary/aromatic N) is 2. The zero-order valence-corrected chi connectivity index (χ0v) is 34.7. The summed E-state index contributed by atoms with van der Waals surface area (Å²) in [6.07, 6.45) is 18.6. The monoisotopic (exact) mass is 804 g/mol. The van der Waals surface area contributed by atoms with Gasteiger partial charge in [-0.15, -0.1) is 0 Å². The number of hydrogen-bond acceptors (Lipinski definition) is 4. The van der Waals surface area contributed by atoms with E-state index in [9.17, 15) is 0 Å². The van der Waals surface area contributed by atoms with Crippen LogP contribution in [0.25, 0.3) is 16.7 Å². The second-order valence-electron chi connectivity index (χ2n) is 16.3. The molecule has 4 unspecified atom stereocenters. The van der Waals surface area contributed by atoms with Crippen molar-refractivity contribution in [2.75, 3.05) is 9.80 Å². The first-order chi connectivity index (χ1) is 30.4. The van der Waals surface area contributed by atoms with Gasteiger partial charge in [-0.2, -0.15) is 0 Å². The summed E-state index contributed by atoms with van der Waals surface area (Å²) in [5.41, 5.74) is 13.6.